The van der Waals surface area contributed by atoms with Crippen LogP contribution in [0.25, 0.3) is 0 Å². The third-order valence-electron chi connectivity index (χ3n) is 4.38. The Balaban J connectivity index is 0.000000672. The van der Waals surface area contributed by atoms with Crippen LogP contribution in [0.5, 0.6) is 0 Å². The summed E-state index contributed by atoms with van der Waals surface area (Å²) >= 11 is 1.44. The van der Waals surface area contributed by atoms with Gasteiger partial charge in [-0.25, -0.2) is 0 Å². The highest BCUT2D eigenvalue weighted by molar-refractivity contribution is 7.12. The van der Waals surface area contributed by atoms with Crippen LogP contribution in [0, 0.1) is 0 Å². The number of carbonyl (C=O) groups is 4. The van der Waals surface area contributed by atoms with E-state index in [-0.39, 0.29) is 24.8 Å². The first-order chi connectivity index (χ1) is 14.4. The molecule has 1 aliphatic heterocycles. The number of nitrogens with one attached hydrogen (secondary N) is 2. The van der Waals surface area contributed by atoms with Crippen molar-refractivity contribution >= 4 is 41.9 Å². The summed E-state index contributed by atoms with van der Waals surface area (Å²) in [5, 5.41) is 26.0. The van der Waals surface area contributed by atoms with Crippen molar-refractivity contribution in [2.24, 2.45) is 7.05 Å². The molecule has 0 bridgehead atoms. The van der Waals surface area contributed by atoms with E-state index in [1.54, 1.807) is 11.7 Å². The number of aryl methyl sites for hydroxylation is 1. The van der Waals surface area contributed by atoms with Gasteiger partial charge in [0.25, 0.3) is 18.9 Å². The zero-order valence-electron chi connectivity index (χ0n) is 16.6. The number of amides is 2. The molecule has 2 aromatic rings. The summed E-state index contributed by atoms with van der Waals surface area (Å²) in [5.41, 5.74) is -0.741. The number of anilines is 1. The van der Waals surface area contributed by atoms with Crippen molar-refractivity contribution in [2.75, 3.05) is 25.5 Å². The van der Waals surface area contributed by atoms with Crippen molar-refractivity contribution in [1.29, 1.82) is 0 Å². The van der Waals surface area contributed by atoms with Gasteiger partial charge in [0.1, 0.15) is 11.4 Å². The minimum atomic E-state index is -0.741. The molecule has 0 radical (unpaired) electrons. The molecule has 2 amide bonds. The van der Waals surface area contributed by atoms with E-state index >= 15 is 0 Å². The standard InChI is InChI=1S/C16H21N5O2S.2CH2O2/c1-17-15(23)16(18-13-5-8-20(2)19-13)6-9-21(10-7-16)14(22)12-4-3-11-24-12;2*2-1-3/h3-5,8,11H,6-7,9-10H2,1-2H3,(H,17,23)(H,18,19);2*1H,(H,2,3). The normalized spacial score (nSPS) is 14.1. The fourth-order valence-corrected chi connectivity index (χ4v) is 3.71. The van der Waals surface area contributed by atoms with Crippen LogP contribution in [0.3, 0.4) is 0 Å². The van der Waals surface area contributed by atoms with Gasteiger partial charge in [0, 0.05) is 39.4 Å². The lowest BCUT2D eigenvalue weighted by Gasteiger charge is -2.40. The Hall–Kier alpha value is -3.41. The van der Waals surface area contributed by atoms with Crippen LogP contribution in [0.15, 0.2) is 29.8 Å². The highest BCUT2D eigenvalue weighted by Crippen LogP contribution is 2.28. The molecule has 0 saturated carbocycles. The second-order valence-corrected chi connectivity index (χ2v) is 7.09. The molecule has 4 N–H and O–H groups in total. The van der Waals surface area contributed by atoms with E-state index in [4.69, 9.17) is 19.8 Å². The maximum Gasteiger partial charge on any atom is 0.290 e. The van der Waals surface area contributed by atoms with E-state index in [1.807, 2.05) is 41.7 Å². The largest absolute Gasteiger partial charge is 0.483 e. The fraction of sp³-hybridized carbons (Fsp3) is 0.389. The van der Waals surface area contributed by atoms with Crippen LogP contribution < -0.4 is 10.6 Å². The number of carboxylic acid groups (broad SMARTS) is 2. The topological polar surface area (TPSA) is 154 Å². The summed E-state index contributed by atoms with van der Waals surface area (Å²) < 4.78 is 1.69. The number of likely N-dealkylation sites (tertiary alicyclic amines) is 1. The summed E-state index contributed by atoms with van der Waals surface area (Å²) in [6.45, 7) is 0.563. The molecule has 0 spiro atoms. The number of hydrogen-bond acceptors (Lipinski definition) is 7. The quantitative estimate of drug-likeness (QED) is 0.508. The number of piperidine rings is 1. The Kier molecular flexibility index (Phi) is 10.0. The summed E-state index contributed by atoms with van der Waals surface area (Å²) in [4.78, 5) is 44.2. The molecule has 2 aromatic heterocycles. The van der Waals surface area contributed by atoms with Gasteiger partial charge >= 0.3 is 0 Å². The molecule has 164 valence electrons. The third-order valence-corrected chi connectivity index (χ3v) is 5.24. The maximum absolute atomic E-state index is 12.5. The van der Waals surface area contributed by atoms with Crippen LogP contribution in [-0.2, 0) is 21.4 Å². The van der Waals surface area contributed by atoms with Crippen LogP contribution in [0.2, 0.25) is 0 Å². The van der Waals surface area contributed by atoms with Crippen molar-refractivity contribution in [2.45, 2.75) is 18.4 Å². The molecule has 0 aromatic carbocycles. The Morgan fingerprint density at radius 3 is 2.23 bits per heavy atom. The fourth-order valence-electron chi connectivity index (χ4n) is 3.02. The minimum Gasteiger partial charge on any atom is -0.483 e. The number of rotatable bonds is 4. The molecule has 1 saturated heterocycles. The molecular formula is C18H25N5O6S. The van der Waals surface area contributed by atoms with Crippen molar-refractivity contribution in [1.82, 2.24) is 20.0 Å². The van der Waals surface area contributed by atoms with Gasteiger partial charge in [-0.1, -0.05) is 6.07 Å². The van der Waals surface area contributed by atoms with Crippen molar-refractivity contribution in [3.05, 3.63) is 34.7 Å². The number of aromatic nitrogens is 2. The molecule has 0 aliphatic carbocycles. The van der Waals surface area contributed by atoms with E-state index < -0.39 is 5.54 Å². The predicted octanol–water partition coefficient (Wildman–Crippen LogP) is 0.716. The van der Waals surface area contributed by atoms with Gasteiger partial charge in [-0.3, -0.25) is 23.9 Å². The highest BCUT2D eigenvalue weighted by atomic mass is 32.1. The van der Waals surface area contributed by atoms with E-state index in [2.05, 4.69) is 15.7 Å². The summed E-state index contributed by atoms with van der Waals surface area (Å²) in [7, 11) is 3.47. The van der Waals surface area contributed by atoms with Crippen LogP contribution >= 0.6 is 11.3 Å². The average Bonchev–Trinajstić information content (AvgIpc) is 3.40. The monoisotopic (exact) mass is 439 g/mol. The molecule has 3 rings (SSSR count). The van der Waals surface area contributed by atoms with Crippen molar-refractivity contribution < 1.29 is 29.4 Å². The number of carbonyl (C=O) groups excluding carboxylic acids is 2. The molecule has 0 unspecified atom stereocenters. The first-order valence-corrected chi connectivity index (χ1v) is 9.74. The van der Waals surface area contributed by atoms with Crippen molar-refractivity contribution in [3.63, 3.8) is 0 Å². The predicted molar refractivity (Wildman–Crippen MR) is 110 cm³/mol. The molecule has 12 heteroatoms. The maximum atomic E-state index is 12.5. The molecule has 3 heterocycles. The lowest BCUT2D eigenvalue weighted by molar-refractivity contribution is -0.126. The van der Waals surface area contributed by atoms with Gasteiger partial charge in [0.15, 0.2) is 0 Å². The zero-order valence-corrected chi connectivity index (χ0v) is 17.5. The lowest BCUT2D eigenvalue weighted by Crippen LogP contribution is -2.58. The molecule has 30 heavy (non-hydrogen) atoms. The smallest absolute Gasteiger partial charge is 0.290 e. The molecule has 1 aliphatic rings. The Bertz CT molecular complexity index is 809. The first kappa shape index (κ1) is 24.6. The van der Waals surface area contributed by atoms with E-state index in [1.165, 1.54) is 11.3 Å². The first-order valence-electron chi connectivity index (χ1n) is 8.86. The molecular weight excluding hydrogens is 414 g/mol. The number of nitrogens with zero attached hydrogens (tertiary/aromatic N) is 3. The minimum absolute atomic E-state index is 0.0355. The third kappa shape index (κ3) is 6.58. The van der Waals surface area contributed by atoms with Crippen LogP contribution in [0.4, 0.5) is 5.82 Å². The van der Waals surface area contributed by atoms with Gasteiger partial charge in [-0.15, -0.1) is 11.3 Å². The average molecular weight is 439 g/mol. The molecule has 0 atom stereocenters. The Morgan fingerprint density at radius 1 is 1.20 bits per heavy atom. The van der Waals surface area contributed by atoms with Crippen molar-refractivity contribution in [3.8, 4) is 0 Å². The second-order valence-electron chi connectivity index (χ2n) is 6.14. The second kappa shape index (κ2) is 12.2. The Labute approximate surface area is 177 Å². The van der Waals surface area contributed by atoms with Gasteiger partial charge < -0.3 is 25.7 Å². The van der Waals surface area contributed by atoms with E-state index in [9.17, 15) is 9.59 Å². The van der Waals surface area contributed by atoms with Crippen LogP contribution in [0.1, 0.15) is 22.5 Å². The lowest BCUT2D eigenvalue weighted by atomic mass is 9.86. The summed E-state index contributed by atoms with van der Waals surface area (Å²) in [6, 6.07) is 5.55. The molecule has 1 fully saturated rings. The molecule has 11 nitrogen and oxygen atoms in total. The number of hydrogen-bond donors (Lipinski definition) is 4. The van der Waals surface area contributed by atoms with Gasteiger partial charge in [0.2, 0.25) is 5.91 Å². The van der Waals surface area contributed by atoms with Gasteiger partial charge in [0.05, 0.1) is 4.88 Å². The summed E-state index contributed by atoms with van der Waals surface area (Å²) in [6.07, 6.45) is 2.91. The SMILES string of the molecule is CNC(=O)C1(Nc2ccn(C)n2)CCN(C(=O)c2cccs2)CC1.O=CO.O=CO. The number of thiophene rings is 1. The van der Waals surface area contributed by atoms with E-state index in [0.717, 1.165) is 4.88 Å². The van der Waals surface area contributed by atoms with Gasteiger partial charge in [-0.2, -0.15) is 5.10 Å². The van der Waals surface area contributed by atoms with E-state index in [0.29, 0.717) is 31.7 Å². The zero-order chi connectivity index (χ0) is 22.6. The van der Waals surface area contributed by atoms with Crippen LogP contribution in [-0.4, -0.2) is 75.3 Å². The van der Waals surface area contributed by atoms with Gasteiger partial charge in [-0.05, 0) is 24.3 Å². The number of likely N-dealkylation sites (N-methyl/N-ethyl adjacent to an activating group) is 1. The Morgan fingerprint density at radius 2 is 1.80 bits per heavy atom. The summed E-state index contributed by atoms with van der Waals surface area (Å²) in [5.74, 6) is 0.629. The highest BCUT2D eigenvalue weighted by Gasteiger charge is 2.42.